The summed E-state index contributed by atoms with van der Waals surface area (Å²) in [7, 11) is 3.70. The number of nitrogens with one attached hydrogen (secondary N) is 1. The lowest BCUT2D eigenvalue weighted by atomic mass is 10.0. The fourth-order valence-electron chi connectivity index (χ4n) is 1.95. The van der Waals surface area contributed by atoms with Crippen molar-refractivity contribution in [2.24, 2.45) is 5.92 Å². The zero-order valence-corrected chi connectivity index (χ0v) is 9.36. The number of hydrogen-bond donors (Lipinski definition) is 1. The molecule has 1 N–H and O–H groups in total. The largest absolute Gasteiger partial charge is 0.481 e. The van der Waals surface area contributed by atoms with Crippen LogP contribution in [0.25, 0.3) is 0 Å². The topological polar surface area (TPSA) is 34.2 Å². The SMILES string of the molecule is CNC(Cc1ccnc(OC)c1)C1CC1. The van der Waals surface area contributed by atoms with Gasteiger partial charge in [-0.1, -0.05) is 0 Å². The summed E-state index contributed by atoms with van der Waals surface area (Å²) in [6.45, 7) is 0. The molecule has 0 aliphatic heterocycles. The van der Waals surface area contributed by atoms with Gasteiger partial charge in [0.15, 0.2) is 0 Å². The minimum Gasteiger partial charge on any atom is -0.481 e. The molecule has 3 heteroatoms. The molecule has 1 aliphatic carbocycles. The number of ether oxygens (including phenoxy) is 1. The molecular formula is C12H18N2O. The molecule has 1 aromatic rings. The van der Waals surface area contributed by atoms with Crippen LogP contribution in [0.2, 0.25) is 0 Å². The standard InChI is InChI=1S/C12H18N2O/c1-13-11(10-3-4-10)7-9-5-6-14-12(8-9)15-2/h5-6,8,10-11,13H,3-4,7H2,1-2H3. The van der Waals surface area contributed by atoms with Crippen LogP contribution < -0.4 is 10.1 Å². The van der Waals surface area contributed by atoms with Gasteiger partial charge in [0.2, 0.25) is 5.88 Å². The molecule has 1 aromatic heterocycles. The first kappa shape index (κ1) is 10.4. The molecule has 0 saturated heterocycles. The highest BCUT2D eigenvalue weighted by Crippen LogP contribution is 2.34. The van der Waals surface area contributed by atoms with Crippen LogP contribution in [0.5, 0.6) is 5.88 Å². The maximum atomic E-state index is 5.11. The van der Waals surface area contributed by atoms with Crippen molar-refractivity contribution < 1.29 is 4.74 Å². The lowest BCUT2D eigenvalue weighted by Crippen LogP contribution is -2.29. The van der Waals surface area contributed by atoms with Crippen molar-refractivity contribution in [3.8, 4) is 5.88 Å². The molecule has 0 radical (unpaired) electrons. The van der Waals surface area contributed by atoms with Gasteiger partial charge in [-0.3, -0.25) is 0 Å². The molecule has 1 heterocycles. The van der Waals surface area contributed by atoms with Crippen LogP contribution in [0.4, 0.5) is 0 Å². The summed E-state index contributed by atoms with van der Waals surface area (Å²) in [6, 6.07) is 4.69. The summed E-state index contributed by atoms with van der Waals surface area (Å²) < 4.78 is 5.11. The monoisotopic (exact) mass is 206 g/mol. The Bertz CT molecular complexity index is 323. The van der Waals surface area contributed by atoms with Gasteiger partial charge in [0.05, 0.1) is 7.11 Å². The Morgan fingerprint density at radius 2 is 2.40 bits per heavy atom. The van der Waals surface area contributed by atoms with Gasteiger partial charge in [0.1, 0.15) is 0 Å². The summed E-state index contributed by atoms with van der Waals surface area (Å²) in [6.07, 6.45) is 5.62. The van der Waals surface area contributed by atoms with Gasteiger partial charge in [-0.25, -0.2) is 4.98 Å². The third kappa shape index (κ3) is 2.69. The van der Waals surface area contributed by atoms with Crippen LogP contribution in [0, 0.1) is 5.92 Å². The second kappa shape index (κ2) is 4.62. The van der Waals surface area contributed by atoms with E-state index in [4.69, 9.17) is 4.74 Å². The van der Waals surface area contributed by atoms with Crippen molar-refractivity contribution in [1.29, 1.82) is 0 Å². The lowest BCUT2D eigenvalue weighted by Gasteiger charge is -2.15. The fraction of sp³-hybridized carbons (Fsp3) is 0.583. The molecule has 1 saturated carbocycles. The minimum atomic E-state index is 0.608. The molecule has 1 fully saturated rings. The van der Waals surface area contributed by atoms with Crippen molar-refractivity contribution in [1.82, 2.24) is 10.3 Å². The maximum absolute atomic E-state index is 5.11. The van der Waals surface area contributed by atoms with E-state index < -0.39 is 0 Å². The predicted molar refractivity (Wildman–Crippen MR) is 60.1 cm³/mol. The van der Waals surface area contributed by atoms with Gasteiger partial charge in [0, 0.05) is 18.3 Å². The molecule has 82 valence electrons. The summed E-state index contributed by atoms with van der Waals surface area (Å²) in [5.74, 6) is 1.58. The van der Waals surface area contributed by atoms with E-state index in [1.165, 1.54) is 18.4 Å². The second-order valence-electron chi connectivity index (χ2n) is 4.14. The van der Waals surface area contributed by atoms with Gasteiger partial charge in [-0.15, -0.1) is 0 Å². The van der Waals surface area contributed by atoms with E-state index in [0.717, 1.165) is 12.3 Å². The molecule has 1 aliphatic rings. The highest BCUT2D eigenvalue weighted by atomic mass is 16.5. The molecular weight excluding hydrogens is 188 g/mol. The third-order valence-electron chi connectivity index (χ3n) is 3.03. The van der Waals surface area contributed by atoms with Crippen LogP contribution >= 0.6 is 0 Å². The second-order valence-corrected chi connectivity index (χ2v) is 4.14. The van der Waals surface area contributed by atoms with Crippen LogP contribution in [0.15, 0.2) is 18.3 Å². The fourth-order valence-corrected chi connectivity index (χ4v) is 1.95. The van der Waals surface area contributed by atoms with Crippen molar-refractivity contribution in [2.75, 3.05) is 14.2 Å². The Kier molecular flexibility index (Phi) is 3.21. The van der Waals surface area contributed by atoms with Gasteiger partial charge in [0.25, 0.3) is 0 Å². The van der Waals surface area contributed by atoms with Crippen LogP contribution in [0.3, 0.4) is 0 Å². The summed E-state index contributed by atoms with van der Waals surface area (Å²) in [5, 5.41) is 3.39. The van der Waals surface area contributed by atoms with E-state index in [1.54, 1.807) is 7.11 Å². The first-order chi connectivity index (χ1) is 7.33. The van der Waals surface area contributed by atoms with Crippen molar-refractivity contribution >= 4 is 0 Å². The Hall–Kier alpha value is -1.09. The number of nitrogens with zero attached hydrogens (tertiary/aromatic N) is 1. The average molecular weight is 206 g/mol. The number of hydrogen-bond acceptors (Lipinski definition) is 3. The Morgan fingerprint density at radius 3 is 3.00 bits per heavy atom. The molecule has 3 nitrogen and oxygen atoms in total. The smallest absolute Gasteiger partial charge is 0.213 e. The number of methoxy groups -OCH3 is 1. The van der Waals surface area contributed by atoms with Crippen LogP contribution in [0.1, 0.15) is 18.4 Å². The highest BCUT2D eigenvalue weighted by Gasteiger charge is 2.29. The molecule has 0 bridgehead atoms. The molecule has 0 amide bonds. The Balaban J connectivity index is 2.01. The predicted octanol–water partition coefficient (Wildman–Crippen LogP) is 1.63. The minimum absolute atomic E-state index is 0.608. The number of pyridine rings is 1. The van der Waals surface area contributed by atoms with Crippen molar-refractivity contribution in [2.45, 2.75) is 25.3 Å². The molecule has 0 spiro atoms. The van der Waals surface area contributed by atoms with Crippen LogP contribution in [-0.2, 0) is 6.42 Å². The highest BCUT2D eigenvalue weighted by molar-refractivity contribution is 5.21. The van der Waals surface area contributed by atoms with Gasteiger partial charge < -0.3 is 10.1 Å². The van der Waals surface area contributed by atoms with Crippen molar-refractivity contribution in [3.63, 3.8) is 0 Å². The number of aromatic nitrogens is 1. The van der Waals surface area contributed by atoms with E-state index >= 15 is 0 Å². The van der Waals surface area contributed by atoms with E-state index in [2.05, 4.69) is 16.4 Å². The van der Waals surface area contributed by atoms with Crippen LogP contribution in [-0.4, -0.2) is 25.2 Å². The molecule has 0 aromatic carbocycles. The zero-order chi connectivity index (χ0) is 10.7. The summed E-state index contributed by atoms with van der Waals surface area (Å²) >= 11 is 0. The molecule has 15 heavy (non-hydrogen) atoms. The molecule has 2 rings (SSSR count). The van der Waals surface area contributed by atoms with Gasteiger partial charge >= 0.3 is 0 Å². The normalized spacial score (nSPS) is 17.5. The quantitative estimate of drug-likeness (QED) is 0.795. The van der Waals surface area contributed by atoms with E-state index in [-0.39, 0.29) is 0 Å². The number of rotatable bonds is 5. The molecule has 1 atom stereocenters. The van der Waals surface area contributed by atoms with Crippen molar-refractivity contribution in [3.05, 3.63) is 23.9 Å². The zero-order valence-electron chi connectivity index (χ0n) is 9.36. The first-order valence-corrected chi connectivity index (χ1v) is 5.49. The van der Waals surface area contributed by atoms with E-state index in [0.29, 0.717) is 11.9 Å². The maximum Gasteiger partial charge on any atom is 0.213 e. The molecule has 1 unspecified atom stereocenters. The Morgan fingerprint density at radius 1 is 1.60 bits per heavy atom. The number of likely N-dealkylation sites (N-methyl/N-ethyl adjacent to an activating group) is 1. The van der Waals surface area contributed by atoms with Gasteiger partial charge in [-0.05, 0) is 43.9 Å². The average Bonchev–Trinajstić information content (AvgIpc) is 3.10. The van der Waals surface area contributed by atoms with Gasteiger partial charge in [-0.2, -0.15) is 0 Å². The first-order valence-electron chi connectivity index (χ1n) is 5.49. The third-order valence-corrected chi connectivity index (χ3v) is 3.03. The van der Waals surface area contributed by atoms with E-state index in [9.17, 15) is 0 Å². The van der Waals surface area contributed by atoms with E-state index in [1.807, 2.05) is 19.3 Å². The summed E-state index contributed by atoms with van der Waals surface area (Å²) in [4.78, 5) is 4.11. The Labute approximate surface area is 90.9 Å². The summed E-state index contributed by atoms with van der Waals surface area (Å²) in [5.41, 5.74) is 1.30. The lowest BCUT2D eigenvalue weighted by molar-refractivity contribution is 0.396.